The second kappa shape index (κ2) is 23.2. The molecule has 0 aliphatic rings. The van der Waals surface area contributed by atoms with E-state index in [0.717, 1.165) is 6.26 Å². The van der Waals surface area contributed by atoms with Crippen LogP contribution in [-0.4, -0.2) is 10.6 Å². The second-order valence-corrected chi connectivity index (χ2v) is 0.183. The monoisotopic (exact) mass is 151 g/mol. The third-order valence-corrected chi connectivity index (χ3v) is 0. The largest absolute Gasteiger partial charge is 0.516 e. The summed E-state index contributed by atoms with van der Waals surface area (Å²) in [5, 5.41) is 7.33. The zero-order valence-electron chi connectivity index (χ0n) is 2.81. The van der Waals surface area contributed by atoms with Crippen molar-refractivity contribution < 1.29 is 43.3 Å². The molecular formula is C2H6O2Y. The van der Waals surface area contributed by atoms with E-state index in [1.54, 1.807) is 0 Å². The van der Waals surface area contributed by atoms with Gasteiger partial charge in [-0.25, -0.2) is 0 Å². The van der Waals surface area contributed by atoms with Gasteiger partial charge in [0.15, 0.2) is 0 Å². The van der Waals surface area contributed by atoms with Crippen LogP contribution in [0.4, 0.5) is 0 Å². The fraction of sp³-hybridized carbons (Fsp3) is 0. The molecule has 2 nitrogen and oxygen atoms in total. The van der Waals surface area contributed by atoms with Gasteiger partial charge >= 0.3 is 0 Å². The molecule has 0 saturated heterocycles. The predicted molar refractivity (Wildman–Crippen MR) is 16.4 cm³/mol. The van der Waals surface area contributed by atoms with Gasteiger partial charge in [0.1, 0.15) is 0 Å². The summed E-state index contributed by atoms with van der Waals surface area (Å²) in [7, 11) is 0. The van der Waals surface area contributed by atoms with Crippen LogP contribution in [0.1, 0.15) is 0 Å². The number of aliphatic hydroxyl groups excluding tert-OH is 1. The first-order valence-electron chi connectivity index (χ1n) is 0.666. The van der Waals surface area contributed by atoms with Gasteiger partial charge in [0.2, 0.25) is 0 Å². The van der Waals surface area contributed by atoms with Crippen LogP contribution < -0.4 is 0 Å². The molecule has 3 N–H and O–H groups in total. The van der Waals surface area contributed by atoms with Crippen molar-refractivity contribution in [2.24, 2.45) is 0 Å². The molecule has 0 amide bonds. The van der Waals surface area contributed by atoms with Crippen molar-refractivity contribution in [1.29, 1.82) is 0 Å². The molecule has 0 bridgehead atoms. The van der Waals surface area contributed by atoms with Crippen molar-refractivity contribution in [2.45, 2.75) is 0 Å². The summed E-state index contributed by atoms with van der Waals surface area (Å²) in [4.78, 5) is 0. The molecular weight excluding hydrogens is 145 g/mol. The van der Waals surface area contributed by atoms with Crippen LogP contribution >= 0.6 is 0 Å². The molecule has 0 aromatic heterocycles. The average molecular weight is 151 g/mol. The van der Waals surface area contributed by atoms with Crippen LogP contribution in [0.15, 0.2) is 12.8 Å². The maximum absolute atomic E-state index is 7.33. The Labute approximate surface area is 56.1 Å². The summed E-state index contributed by atoms with van der Waals surface area (Å²) in [5.41, 5.74) is 0. The van der Waals surface area contributed by atoms with Gasteiger partial charge < -0.3 is 10.6 Å². The second-order valence-electron chi connectivity index (χ2n) is 0.183. The van der Waals surface area contributed by atoms with Crippen molar-refractivity contribution in [2.75, 3.05) is 0 Å². The average Bonchev–Trinajstić information content (AvgIpc) is 0.918. The molecule has 0 saturated carbocycles. The molecule has 0 unspecified atom stereocenters. The normalized spacial score (nSPS) is 2.40. The molecule has 29 valence electrons. The van der Waals surface area contributed by atoms with E-state index < -0.39 is 0 Å². The maximum atomic E-state index is 7.33. The van der Waals surface area contributed by atoms with Gasteiger partial charge in [0, 0.05) is 32.7 Å². The molecule has 0 atom stereocenters. The van der Waals surface area contributed by atoms with Gasteiger partial charge in [0.25, 0.3) is 0 Å². The molecule has 0 aliphatic carbocycles. The zero-order chi connectivity index (χ0) is 2.71. The van der Waals surface area contributed by atoms with E-state index in [2.05, 4.69) is 6.58 Å². The third-order valence-electron chi connectivity index (χ3n) is 0. The predicted octanol–water partition coefficient (Wildman–Crippen LogP) is -0.139. The summed E-state index contributed by atoms with van der Waals surface area (Å²) in [6.45, 7) is 2.92. The molecule has 0 aromatic rings. The molecule has 1 radical (unpaired) electrons. The topological polar surface area (TPSA) is 51.7 Å². The number of hydrogen-bond donors (Lipinski definition) is 1. The first kappa shape index (κ1) is 17.5. The molecule has 0 fully saturated rings. The minimum atomic E-state index is 0. The van der Waals surface area contributed by atoms with Crippen LogP contribution in [0.25, 0.3) is 0 Å². The number of hydrogen-bond acceptors (Lipinski definition) is 1. The Morgan fingerprint density at radius 3 is 1.60 bits per heavy atom. The van der Waals surface area contributed by atoms with Crippen LogP contribution in [0, 0.1) is 0 Å². The van der Waals surface area contributed by atoms with E-state index in [-0.39, 0.29) is 38.2 Å². The smallest absolute Gasteiger partial charge is 0.0719 e. The van der Waals surface area contributed by atoms with Crippen LogP contribution in [-0.2, 0) is 32.7 Å². The van der Waals surface area contributed by atoms with Gasteiger partial charge in [0.05, 0.1) is 6.26 Å². The summed E-state index contributed by atoms with van der Waals surface area (Å²) in [6.07, 6.45) is 0.750. The van der Waals surface area contributed by atoms with Crippen LogP contribution in [0.5, 0.6) is 0 Å². The van der Waals surface area contributed by atoms with Gasteiger partial charge in [-0.05, 0) is 0 Å². The van der Waals surface area contributed by atoms with Gasteiger partial charge in [-0.3, -0.25) is 0 Å². The third kappa shape index (κ3) is 85.6. The molecule has 3 heteroatoms. The van der Waals surface area contributed by atoms with Crippen molar-refractivity contribution in [3.05, 3.63) is 12.8 Å². The van der Waals surface area contributed by atoms with Gasteiger partial charge in [-0.2, -0.15) is 0 Å². The van der Waals surface area contributed by atoms with E-state index in [9.17, 15) is 0 Å². The first-order chi connectivity index (χ1) is 1.41. The maximum Gasteiger partial charge on any atom is 0.0719 e. The van der Waals surface area contributed by atoms with E-state index in [4.69, 9.17) is 5.11 Å². The van der Waals surface area contributed by atoms with Crippen molar-refractivity contribution >= 4 is 0 Å². The SMILES string of the molecule is C=CO.O.[Y]. The summed E-state index contributed by atoms with van der Waals surface area (Å²) in [6, 6.07) is 0. The van der Waals surface area contributed by atoms with Crippen molar-refractivity contribution in [3.63, 3.8) is 0 Å². The fourth-order valence-corrected chi connectivity index (χ4v) is 0. The van der Waals surface area contributed by atoms with Crippen LogP contribution in [0.3, 0.4) is 0 Å². The van der Waals surface area contributed by atoms with E-state index in [1.807, 2.05) is 0 Å². The Morgan fingerprint density at radius 1 is 1.60 bits per heavy atom. The Kier molecular flexibility index (Phi) is 81.4. The van der Waals surface area contributed by atoms with Crippen molar-refractivity contribution in [1.82, 2.24) is 0 Å². The van der Waals surface area contributed by atoms with E-state index in [0.29, 0.717) is 0 Å². The molecule has 5 heavy (non-hydrogen) atoms. The minimum Gasteiger partial charge on any atom is -0.516 e. The molecule has 0 aliphatic heterocycles. The van der Waals surface area contributed by atoms with Crippen molar-refractivity contribution in [3.8, 4) is 0 Å². The summed E-state index contributed by atoms with van der Waals surface area (Å²) < 4.78 is 0. The number of rotatable bonds is 0. The Hall–Kier alpha value is 0.604. The Morgan fingerprint density at radius 2 is 1.60 bits per heavy atom. The fourth-order valence-electron chi connectivity index (χ4n) is 0. The molecule has 0 heterocycles. The summed E-state index contributed by atoms with van der Waals surface area (Å²) >= 11 is 0. The minimum absolute atomic E-state index is 0. The zero-order valence-corrected chi connectivity index (χ0v) is 5.65. The van der Waals surface area contributed by atoms with E-state index >= 15 is 0 Å². The van der Waals surface area contributed by atoms with Gasteiger partial charge in [-0.1, -0.05) is 6.58 Å². The van der Waals surface area contributed by atoms with Crippen LogP contribution in [0.2, 0.25) is 0 Å². The Bertz CT molecular complexity index is 15.1. The Balaban J connectivity index is -0.0000000200. The standard InChI is InChI=1S/C2H4O.H2O.Y/c1-2-3;;/h2-3H,1H2;1H2;. The quantitative estimate of drug-likeness (QED) is 0.481. The molecule has 0 rings (SSSR count). The molecule has 0 aromatic carbocycles. The summed E-state index contributed by atoms with van der Waals surface area (Å²) in [5.74, 6) is 0. The van der Waals surface area contributed by atoms with E-state index in [1.165, 1.54) is 0 Å². The number of aliphatic hydroxyl groups is 1. The van der Waals surface area contributed by atoms with Gasteiger partial charge in [-0.15, -0.1) is 0 Å². The first-order valence-corrected chi connectivity index (χ1v) is 0.666. The molecule has 0 spiro atoms.